The third-order valence-electron chi connectivity index (χ3n) is 8.99. The standard InChI is InChI=1S/C38H53N5O2/c1-4-7-8-9-16-25-39-38(45)41-35-22-21-33(42(5-2)6-3)28-34(35)37(44)40-29-30-23-26-43(27-24-30)36(31-17-12-10-13-18-31)32-19-14-11-15-20-32/h10-15,17-22,28,30,36H,4-9,16,23-27,29H2,1-3H3,(H,40,44)(H2,39,41,45). The molecule has 0 aliphatic carbocycles. The Labute approximate surface area is 270 Å². The number of likely N-dealkylation sites (tertiary alicyclic amines) is 1. The third-order valence-corrected chi connectivity index (χ3v) is 8.99. The molecule has 7 nitrogen and oxygen atoms in total. The van der Waals surface area contributed by atoms with Crippen molar-refractivity contribution in [2.45, 2.75) is 71.8 Å². The van der Waals surface area contributed by atoms with E-state index < -0.39 is 0 Å². The predicted octanol–water partition coefficient (Wildman–Crippen LogP) is 7.86. The Morgan fingerprint density at radius 1 is 0.800 bits per heavy atom. The van der Waals surface area contributed by atoms with E-state index in [1.165, 1.54) is 30.4 Å². The molecule has 4 rings (SSSR count). The second kappa shape index (κ2) is 18.2. The van der Waals surface area contributed by atoms with Crippen LogP contribution in [0.5, 0.6) is 0 Å². The Kier molecular flexibility index (Phi) is 13.8. The van der Waals surface area contributed by atoms with Gasteiger partial charge in [-0.1, -0.05) is 93.3 Å². The van der Waals surface area contributed by atoms with Crippen molar-refractivity contribution in [2.24, 2.45) is 5.92 Å². The van der Waals surface area contributed by atoms with Gasteiger partial charge in [-0.05, 0) is 81.4 Å². The Morgan fingerprint density at radius 2 is 1.42 bits per heavy atom. The number of nitrogens with one attached hydrogen (secondary N) is 3. The summed E-state index contributed by atoms with van der Waals surface area (Å²) >= 11 is 0. The molecule has 1 saturated heterocycles. The van der Waals surface area contributed by atoms with E-state index in [-0.39, 0.29) is 18.0 Å². The zero-order valence-electron chi connectivity index (χ0n) is 27.6. The maximum Gasteiger partial charge on any atom is 0.319 e. The minimum absolute atomic E-state index is 0.146. The maximum atomic E-state index is 13.6. The number of carbonyl (C=O) groups excluding carboxylic acids is 2. The van der Waals surface area contributed by atoms with Crippen LogP contribution < -0.4 is 20.9 Å². The SMILES string of the molecule is CCCCCCCNC(=O)Nc1ccc(N(CC)CC)cc1C(=O)NCC1CCN(C(c2ccccc2)c2ccccc2)CC1. The van der Waals surface area contributed by atoms with Gasteiger partial charge in [-0.2, -0.15) is 0 Å². The fourth-order valence-electron chi connectivity index (χ4n) is 6.34. The van der Waals surface area contributed by atoms with E-state index in [0.717, 1.165) is 57.5 Å². The lowest BCUT2D eigenvalue weighted by Crippen LogP contribution is -2.41. The molecule has 0 bridgehead atoms. The van der Waals surface area contributed by atoms with Crippen LogP contribution in [-0.2, 0) is 0 Å². The minimum atomic E-state index is -0.270. The van der Waals surface area contributed by atoms with Gasteiger partial charge < -0.3 is 20.9 Å². The van der Waals surface area contributed by atoms with Crippen molar-refractivity contribution < 1.29 is 9.59 Å². The van der Waals surface area contributed by atoms with Crippen molar-refractivity contribution in [1.29, 1.82) is 0 Å². The van der Waals surface area contributed by atoms with Crippen LogP contribution in [0.15, 0.2) is 78.9 Å². The Morgan fingerprint density at radius 3 is 2.02 bits per heavy atom. The molecule has 0 radical (unpaired) electrons. The number of rotatable bonds is 16. The second-order valence-electron chi connectivity index (χ2n) is 12.1. The molecule has 3 N–H and O–H groups in total. The van der Waals surface area contributed by atoms with Crippen molar-refractivity contribution in [1.82, 2.24) is 15.5 Å². The van der Waals surface area contributed by atoms with Gasteiger partial charge in [0.1, 0.15) is 0 Å². The van der Waals surface area contributed by atoms with Crippen LogP contribution in [0.2, 0.25) is 0 Å². The summed E-state index contributed by atoms with van der Waals surface area (Å²) in [5, 5.41) is 9.12. The monoisotopic (exact) mass is 611 g/mol. The van der Waals surface area contributed by atoms with Crippen LogP contribution in [0.3, 0.4) is 0 Å². The molecule has 0 saturated carbocycles. The summed E-state index contributed by atoms with van der Waals surface area (Å²) in [7, 11) is 0. The zero-order valence-corrected chi connectivity index (χ0v) is 27.6. The van der Waals surface area contributed by atoms with Gasteiger partial charge in [0.05, 0.1) is 17.3 Å². The highest BCUT2D eigenvalue weighted by Crippen LogP contribution is 2.32. The smallest absolute Gasteiger partial charge is 0.319 e. The topological polar surface area (TPSA) is 76.7 Å². The highest BCUT2D eigenvalue weighted by Gasteiger charge is 2.28. The van der Waals surface area contributed by atoms with Crippen LogP contribution in [0.25, 0.3) is 0 Å². The van der Waals surface area contributed by atoms with Crippen molar-refractivity contribution in [3.05, 3.63) is 95.6 Å². The molecule has 7 heteroatoms. The number of anilines is 2. The van der Waals surface area contributed by atoms with Gasteiger partial charge in [0.2, 0.25) is 0 Å². The van der Waals surface area contributed by atoms with Gasteiger partial charge in [0.25, 0.3) is 5.91 Å². The lowest BCUT2D eigenvalue weighted by Gasteiger charge is -2.38. The number of unbranched alkanes of at least 4 members (excludes halogenated alkanes) is 4. The van der Waals surface area contributed by atoms with E-state index >= 15 is 0 Å². The Balaban J connectivity index is 1.37. The molecule has 3 aromatic rings. The van der Waals surface area contributed by atoms with Gasteiger partial charge in [0.15, 0.2) is 0 Å². The summed E-state index contributed by atoms with van der Waals surface area (Å²) in [4.78, 5) is 31.1. The first-order chi connectivity index (χ1) is 22.0. The van der Waals surface area contributed by atoms with Crippen LogP contribution in [-0.4, -0.2) is 56.1 Å². The summed E-state index contributed by atoms with van der Waals surface area (Å²) in [6, 6.07) is 27.2. The van der Waals surface area contributed by atoms with E-state index in [0.29, 0.717) is 30.3 Å². The van der Waals surface area contributed by atoms with E-state index in [4.69, 9.17) is 0 Å². The van der Waals surface area contributed by atoms with Crippen LogP contribution >= 0.6 is 0 Å². The molecule has 45 heavy (non-hydrogen) atoms. The van der Waals surface area contributed by atoms with Gasteiger partial charge >= 0.3 is 6.03 Å². The van der Waals surface area contributed by atoms with E-state index in [1.807, 2.05) is 18.2 Å². The van der Waals surface area contributed by atoms with Gasteiger partial charge in [0, 0.05) is 31.9 Å². The molecular weight excluding hydrogens is 558 g/mol. The first-order valence-corrected chi connectivity index (χ1v) is 17.1. The summed E-state index contributed by atoms with van der Waals surface area (Å²) in [6.45, 7) is 11.3. The Hall–Kier alpha value is -3.84. The number of hydrogen-bond donors (Lipinski definition) is 3. The fourth-order valence-corrected chi connectivity index (χ4v) is 6.34. The molecule has 0 atom stereocenters. The predicted molar refractivity (Wildman–Crippen MR) is 187 cm³/mol. The molecule has 0 spiro atoms. The number of nitrogens with zero attached hydrogens (tertiary/aromatic N) is 2. The molecule has 1 heterocycles. The second-order valence-corrected chi connectivity index (χ2v) is 12.1. The van der Waals surface area contributed by atoms with Crippen molar-refractivity contribution in [2.75, 3.05) is 49.5 Å². The van der Waals surface area contributed by atoms with Crippen molar-refractivity contribution in [3.8, 4) is 0 Å². The van der Waals surface area contributed by atoms with Crippen molar-refractivity contribution >= 4 is 23.3 Å². The number of urea groups is 1. The average molecular weight is 612 g/mol. The highest BCUT2D eigenvalue weighted by molar-refractivity contribution is 6.04. The van der Waals surface area contributed by atoms with Gasteiger partial charge in [-0.15, -0.1) is 0 Å². The summed E-state index contributed by atoms with van der Waals surface area (Å²) < 4.78 is 0. The average Bonchev–Trinajstić information content (AvgIpc) is 3.08. The number of amides is 3. The summed E-state index contributed by atoms with van der Waals surface area (Å²) in [5.41, 5.74) is 4.64. The lowest BCUT2D eigenvalue weighted by molar-refractivity contribution is 0.0931. The number of piperidine rings is 1. The summed E-state index contributed by atoms with van der Waals surface area (Å²) in [5.74, 6) is 0.253. The third kappa shape index (κ3) is 10.1. The molecule has 0 aromatic heterocycles. The van der Waals surface area contributed by atoms with Gasteiger partial charge in [-0.25, -0.2) is 4.79 Å². The van der Waals surface area contributed by atoms with E-state index in [9.17, 15) is 9.59 Å². The molecule has 1 aliphatic rings. The molecule has 1 aliphatic heterocycles. The van der Waals surface area contributed by atoms with Crippen molar-refractivity contribution in [3.63, 3.8) is 0 Å². The van der Waals surface area contributed by atoms with Crippen LogP contribution in [0, 0.1) is 5.92 Å². The van der Waals surface area contributed by atoms with Crippen LogP contribution in [0.1, 0.15) is 93.2 Å². The molecular formula is C38H53N5O2. The van der Waals surface area contributed by atoms with E-state index in [2.05, 4.69) is 107 Å². The first kappa shape index (κ1) is 34.0. The number of benzene rings is 3. The normalized spacial score (nSPS) is 13.9. The van der Waals surface area contributed by atoms with Gasteiger partial charge in [-0.3, -0.25) is 9.69 Å². The Bertz CT molecular complexity index is 1260. The molecule has 0 unspecified atom stereocenters. The largest absolute Gasteiger partial charge is 0.372 e. The molecule has 3 amide bonds. The quantitative estimate of drug-likeness (QED) is 0.144. The summed E-state index contributed by atoms with van der Waals surface area (Å²) in [6.07, 6.45) is 7.71. The molecule has 242 valence electrons. The molecule has 3 aromatic carbocycles. The minimum Gasteiger partial charge on any atom is -0.372 e. The first-order valence-electron chi connectivity index (χ1n) is 17.1. The fraction of sp³-hybridized carbons (Fsp3) is 0.474. The lowest BCUT2D eigenvalue weighted by atomic mass is 9.91. The zero-order chi connectivity index (χ0) is 31.9. The highest BCUT2D eigenvalue weighted by atomic mass is 16.2. The van der Waals surface area contributed by atoms with Crippen LogP contribution in [0.4, 0.5) is 16.2 Å². The van der Waals surface area contributed by atoms with E-state index in [1.54, 1.807) is 0 Å². The molecule has 1 fully saturated rings. The number of hydrogen-bond acceptors (Lipinski definition) is 4. The number of carbonyl (C=O) groups is 2. The maximum absolute atomic E-state index is 13.6.